The summed E-state index contributed by atoms with van der Waals surface area (Å²) in [6.45, 7) is 5.81. The highest BCUT2D eigenvalue weighted by Crippen LogP contribution is 2.21. The van der Waals surface area contributed by atoms with Gasteiger partial charge in [0.05, 0.1) is 12.2 Å². The normalized spacial score (nSPS) is 10.5. The molecule has 27 heavy (non-hydrogen) atoms. The molecule has 7 heteroatoms. The summed E-state index contributed by atoms with van der Waals surface area (Å²) in [5, 5.41) is 9.54. The quantitative estimate of drug-likeness (QED) is 0.729. The molecular weight excluding hydrogens is 342 g/mol. The van der Waals surface area contributed by atoms with Crippen molar-refractivity contribution in [3.8, 4) is 5.69 Å². The number of nitrogens with one attached hydrogen (secondary N) is 2. The van der Waals surface area contributed by atoms with Gasteiger partial charge in [0.15, 0.2) is 0 Å². The van der Waals surface area contributed by atoms with Crippen molar-refractivity contribution in [3.05, 3.63) is 71.3 Å². The number of benzene rings is 2. The third kappa shape index (κ3) is 4.38. The van der Waals surface area contributed by atoms with E-state index in [2.05, 4.69) is 20.7 Å². The van der Waals surface area contributed by atoms with Gasteiger partial charge in [-0.25, -0.2) is 9.67 Å². The van der Waals surface area contributed by atoms with Crippen LogP contribution in [0.4, 0.5) is 5.69 Å². The van der Waals surface area contributed by atoms with Crippen LogP contribution in [0.2, 0.25) is 0 Å². The lowest BCUT2D eigenvalue weighted by atomic mass is 10.1. The molecule has 1 aromatic heterocycles. The second-order valence-electron chi connectivity index (χ2n) is 6.39. The van der Waals surface area contributed by atoms with Crippen molar-refractivity contribution in [2.75, 3.05) is 11.9 Å². The van der Waals surface area contributed by atoms with Crippen molar-refractivity contribution < 1.29 is 9.59 Å². The van der Waals surface area contributed by atoms with Crippen LogP contribution in [-0.2, 0) is 4.79 Å². The zero-order valence-corrected chi connectivity index (χ0v) is 15.5. The third-order valence-corrected chi connectivity index (χ3v) is 4.16. The Hall–Kier alpha value is -3.48. The molecule has 0 unspecified atom stereocenters. The van der Waals surface area contributed by atoms with Crippen LogP contribution in [0, 0.1) is 20.8 Å². The summed E-state index contributed by atoms with van der Waals surface area (Å²) in [6.07, 6.45) is 3.02. The molecule has 2 N–H and O–H groups in total. The summed E-state index contributed by atoms with van der Waals surface area (Å²) in [6, 6.07) is 10.9. The van der Waals surface area contributed by atoms with Crippen LogP contribution >= 0.6 is 0 Å². The fourth-order valence-electron chi connectivity index (χ4n) is 2.93. The smallest absolute Gasteiger partial charge is 0.251 e. The Bertz CT molecular complexity index is 940. The molecule has 3 aromatic rings. The number of carbonyl (C=O) groups excluding carboxylic acids is 2. The highest BCUT2D eigenvalue weighted by Gasteiger charge is 2.11. The van der Waals surface area contributed by atoms with Crippen LogP contribution in [0.3, 0.4) is 0 Å². The monoisotopic (exact) mass is 363 g/mol. The van der Waals surface area contributed by atoms with Gasteiger partial charge in [0.25, 0.3) is 5.91 Å². The molecule has 0 spiro atoms. The number of amides is 2. The van der Waals surface area contributed by atoms with E-state index in [0.29, 0.717) is 5.56 Å². The van der Waals surface area contributed by atoms with Gasteiger partial charge in [0, 0.05) is 11.3 Å². The predicted octanol–water partition coefficient (Wildman–Crippen LogP) is 2.56. The number of hydrogen-bond donors (Lipinski definition) is 2. The number of rotatable bonds is 5. The molecule has 1 heterocycles. The maximum atomic E-state index is 12.3. The highest BCUT2D eigenvalue weighted by molar-refractivity contribution is 5.99. The van der Waals surface area contributed by atoms with Gasteiger partial charge in [0.2, 0.25) is 5.91 Å². The molecule has 7 nitrogen and oxygen atoms in total. The molecule has 0 atom stereocenters. The minimum Gasteiger partial charge on any atom is -0.343 e. The summed E-state index contributed by atoms with van der Waals surface area (Å²) < 4.78 is 1.60. The molecule has 2 aromatic carbocycles. The average molecular weight is 363 g/mol. The van der Waals surface area contributed by atoms with Gasteiger partial charge >= 0.3 is 0 Å². The Kier molecular flexibility index (Phi) is 5.30. The molecule has 0 fully saturated rings. The lowest BCUT2D eigenvalue weighted by molar-refractivity contribution is -0.115. The number of anilines is 1. The van der Waals surface area contributed by atoms with E-state index in [-0.39, 0.29) is 18.4 Å². The fourth-order valence-corrected chi connectivity index (χ4v) is 2.93. The Morgan fingerprint density at radius 2 is 1.70 bits per heavy atom. The molecule has 0 saturated heterocycles. The lowest BCUT2D eigenvalue weighted by Crippen LogP contribution is -2.33. The fraction of sp³-hybridized carbons (Fsp3) is 0.200. The van der Waals surface area contributed by atoms with Crippen molar-refractivity contribution in [1.82, 2.24) is 20.1 Å². The number of hydrogen-bond acceptors (Lipinski definition) is 4. The van der Waals surface area contributed by atoms with Crippen LogP contribution in [0.15, 0.2) is 49.1 Å². The maximum absolute atomic E-state index is 12.3. The van der Waals surface area contributed by atoms with E-state index in [1.54, 1.807) is 35.3 Å². The Morgan fingerprint density at radius 3 is 2.30 bits per heavy atom. The number of aromatic nitrogens is 3. The summed E-state index contributed by atoms with van der Waals surface area (Å²) >= 11 is 0. The number of carbonyl (C=O) groups is 2. The van der Waals surface area contributed by atoms with E-state index in [9.17, 15) is 9.59 Å². The van der Waals surface area contributed by atoms with E-state index in [1.807, 2.05) is 32.9 Å². The molecule has 0 bridgehead atoms. The zero-order chi connectivity index (χ0) is 19.4. The summed E-state index contributed by atoms with van der Waals surface area (Å²) in [7, 11) is 0. The molecule has 2 amide bonds. The van der Waals surface area contributed by atoms with E-state index in [4.69, 9.17) is 0 Å². The van der Waals surface area contributed by atoms with Gasteiger partial charge in [-0.2, -0.15) is 5.10 Å². The maximum Gasteiger partial charge on any atom is 0.251 e. The van der Waals surface area contributed by atoms with Gasteiger partial charge in [-0.1, -0.05) is 17.7 Å². The van der Waals surface area contributed by atoms with Crippen molar-refractivity contribution in [3.63, 3.8) is 0 Å². The van der Waals surface area contributed by atoms with E-state index in [0.717, 1.165) is 28.1 Å². The molecular formula is C20H21N5O2. The Balaban J connectivity index is 1.58. The Morgan fingerprint density at radius 1 is 1.04 bits per heavy atom. The van der Waals surface area contributed by atoms with Crippen LogP contribution in [-0.4, -0.2) is 33.1 Å². The highest BCUT2D eigenvalue weighted by atomic mass is 16.2. The molecule has 0 radical (unpaired) electrons. The van der Waals surface area contributed by atoms with Crippen LogP contribution in [0.5, 0.6) is 0 Å². The number of nitrogens with zero attached hydrogens (tertiary/aromatic N) is 3. The third-order valence-electron chi connectivity index (χ3n) is 4.16. The first-order valence-corrected chi connectivity index (χ1v) is 8.55. The molecule has 0 aliphatic heterocycles. The zero-order valence-electron chi connectivity index (χ0n) is 15.5. The van der Waals surface area contributed by atoms with Crippen molar-refractivity contribution in [2.24, 2.45) is 0 Å². The van der Waals surface area contributed by atoms with Gasteiger partial charge in [-0.05, 0) is 56.2 Å². The second-order valence-corrected chi connectivity index (χ2v) is 6.39. The largest absolute Gasteiger partial charge is 0.343 e. The lowest BCUT2D eigenvalue weighted by Gasteiger charge is -2.13. The van der Waals surface area contributed by atoms with Gasteiger partial charge < -0.3 is 10.6 Å². The standard InChI is InChI=1S/C20H21N5O2/c1-13-8-14(2)19(15(3)9-13)24-18(26)10-22-20(27)16-4-6-17(7-5-16)25-12-21-11-23-25/h4-9,11-12H,10H2,1-3H3,(H,22,27)(H,24,26). The van der Waals surface area contributed by atoms with Gasteiger partial charge in [-0.3, -0.25) is 9.59 Å². The van der Waals surface area contributed by atoms with Gasteiger partial charge in [-0.15, -0.1) is 0 Å². The second kappa shape index (κ2) is 7.82. The topological polar surface area (TPSA) is 88.9 Å². The van der Waals surface area contributed by atoms with E-state index >= 15 is 0 Å². The number of aryl methyl sites for hydroxylation is 3. The van der Waals surface area contributed by atoms with Crippen molar-refractivity contribution >= 4 is 17.5 Å². The molecule has 3 rings (SSSR count). The first-order valence-electron chi connectivity index (χ1n) is 8.55. The first kappa shape index (κ1) is 18.3. The van der Waals surface area contributed by atoms with Crippen LogP contribution in [0.25, 0.3) is 5.69 Å². The van der Waals surface area contributed by atoms with Crippen molar-refractivity contribution in [2.45, 2.75) is 20.8 Å². The van der Waals surface area contributed by atoms with Gasteiger partial charge in [0.1, 0.15) is 12.7 Å². The summed E-state index contributed by atoms with van der Waals surface area (Å²) in [5.41, 5.74) is 5.19. The van der Waals surface area contributed by atoms with E-state index in [1.165, 1.54) is 6.33 Å². The average Bonchev–Trinajstić information content (AvgIpc) is 3.17. The molecule has 0 aliphatic carbocycles. The van der Waals surface area contributed by atoms with E-state index < -0.39 is 0 Å². The van der Waals surface area contributed by atoms with Crippen LogP contribution in [0.1, 0.15) is 27.0 Å². The summed E-state index contributed by atoms with van der Waals surface area (Å²) in [5.74, 6) is -0.578. The van der Waals surface area contributed by atoms with Crippen molar-refractivity contribution in [1.29, 1.82) is 0 Å². The Labute approximate surface area is 157 Å². The minimum atomic E-state index is -0.312. The van der Waals surface area contributed by atoms with Crippen LogP contribution < -0.4 is 10.6 Å². The molecule has 138 valence electrons. The predicted molar refractivity (Wildman–Crippen MR) is 103 cm³/mol. The molecule has 0 saturated carbocycles. The summed E-state index contributed by atoms with van der Waals surface area (Å²) in [4.78, 5) is 28.3. The minimum absolute atomic E-state index is 0.101. The SMILES string of the molecule is Cc1cc(C)c(NC(=O)CNC(=O)c2ccc(-n3cncn3)cc2)c(C)c1. The molecule has 0 aliphatic rings. The first-order chi connectivity index (χ1) is 12.9.